The lowest BCUT2D eigenvalue weighted by atomic mass is 9.68. The second-order valence-electron chi connectivity index (χ2n) is 9.16. The molecule has 2 nitrogen and oxygen atoms in total. The Morgan fingerprint density at radius 3 is 1.52 bits per heavy atom. The number of aromatic hydroxyl groups is 2. The molecule has 2 aromatic rings. The molecule has 2 unspecified atom stereocenters. The van der Waals surface area contributed by atoms with Crippen molar-refractivity contribution in [3.63, 3.8) is 0 Å². The molecule has 1 saturated carbocycles. The molecule has 2 heteroatoms. The molecule has 0 bridgehead atoms. The Morgan fingerprint density at radius 2 is 1.14 bits per heavy atom. The second kappa shape index (κ2) is 9.24. The van der Waals surface area contributed by atoms with Gasteiger partial charge in [-0.1, -0.05) is 77.6 Å². The van der Waals surface area contributed by atoms with Crippen LogP contribution < -0.4 is 0 Å². The smallest absolute Gasteiger partial charge is 0.119 e. The molecule has 0 radical (unpaired) electrons. The zero-order chi connectivity index (χ0) is 21.0. The van der Waals surface area contributed by atoms with E-state index in [1.807, 2.05) is 12.1 Å². The van der Waals surface area contributed by atoms with Crippen molar-refractivity contribution in [2.45, 2.75) is 96.3 Å². The number of rotatable bonds is 6. The van der Waals surface area contributed by atoms with E-state index in [4.69, 9.17) is 0 Å². The molecule has 1 fully saturated rings. The van der Waals surface area contributed by atoms with E-state index in [9.17, 15) is 10.2 Å². The molecule has 0 amide bonds. The van der Waals surface area contributed by atoms with Crippen LogP contribution in [0.1, 0.15) is 113 Å². The lowest BCUT2D eigenvalue weighted by Gasteiger charge is -2.36. The first kappa shape index (κ1) is 21.7. The Morgan fingerprint density at radius 1 is 0.724 bits per heavy atom. The van der Waals surface area contributed by atoms with Crippen molar-refractivity contribution in [2.24, 2.45) is 0 Å². The zero-order valence-electron chi connectivity index (χ0n) is 18.7. The van der Waals surface area contributed by atoms with Crippen molar-refractivity contribution < 1.29 is 10.2 Å². The first-order valence-corrected chi connectivity index (χ1v) is 11.6. The molecule has 0 saturated heterocycles. The third-order valence-electron chi connectivity index (χ3n) is 7.40. The van der Waals surface area contributed by atoms with Gasteiger partial charge in [-0.2, -0.15) is 0 Å². The molecule has 0 spiro atoms. The standard InChI is InChI=1S/C27H38O2/c1-5-19(3)23-17-21(11-13-25(23)28)27(15-9-7-8-10-16-27)22-12-14-26(29)24(18-22)20(4)6-2/h11-14,17-20,28-29H,5-10,15-16H2,1-4H3. The number of phenols is 2. The van der Waals surface area contributed by atoms with Gasteiger partial charge in [0.05, 0.1) is 0 Å². The quantitative estimate of drug-likeness (QED) is 0.491. The van der Waals surface area contributed by atoms with Crippen LogP contribution in [0.25, 0.3) is 0 Å². The minimum Gasteiger partial charge on any atom is -0.508 e. The Kier molecular flexibility index (Phi) is 6.93. The van der Waals surface area contributed by atoms with E-state index in [2.05, 4.69) is 52.0 Å². The van der Waals surface area contributed by atoms with Crippen molar-refractivity contribution in [1.29, 1.82) is 0 Å². The van der Waals surface area contributed by atoms with Crippen LogP contribution in [0, 0.1) is 0 Å². The van der Waals surface area contributed by atoms with Crippen LogP contribution >= 0.6 is 0 Å². The summed E-state index contributed by atoms with van der Waals surface area (Å²) < 4.78 is 0. The fourth-order valence-corrected chi connectivity index (χ4v) is 5.01. The van der Waals surface area contributed by atoms with Crippen molar-refractivity contribution >= 4 is 0 Å². The Labute approximate surface area is 177 Å². The predicted molar refractivity (Wildman–Crippen MR) is 122 cm³/mol. The first-order valence-electron chi connectivity index (χ1n) is 11.6. The van der Waals surface area contributed by atoms with Gasteiger partial charge in [-0.25, -0.2) is 0 Å². The first-order chi connectivity index (χ1) is 13.9. The van der Waals surface area contributed by atoms with Gasteiger partial charge in [-0.05, 0) is 71.9 Å². The van der Waals surface area contributed by atoms with Gasteiger partial charge in [-0.15, -0.1) is 0 Å². The van der Waals surface area contributed by atoms with E-state index >= 15 is 0 Å². The van der Waals surface area contributed by atoms with E-state index in [1.54, 1.807) is 0 Å². The van der Waals surface area contributed by atoms with Crippen LogP contribution in [0.2, 0.25) is 0 Å². The Bertz CT molecular complexity index is 754. The van der Waals surface area contributed by atoms with Gasteiger partial charge in [0.1, 0.15) is 11.5 Å². The van der Waals surface area contributed by atoms with Crippen LogP contribution in [0.3, 0.4) is 0 Å². The summed E-state index contributed by atoms with van der Waals surface area (Å²) >= 11 is 0. The minimum absolute atomic E-state index is 0.0394. The molecule has 158 valence electrons. The van der Waals surface area contributed by atoms with Crippen molar-refractivity contribution in [3.8, 4) is 11.5 Å². The normalized spacial score (nSPS) is 18.8. The summed E-state index contributed by atoms with van der Waals surface area (Å²) in [5.41, 5.74) is 4.74. The molecule has 0 heterocycles. The highest BCUT2D eigenvalue weighted by atomic mass is 16.3. The summed E-state index contributed by atoms with van der Waals surface area (Å²) in [6.45, 7) is 8.74. The van der Waals surface area contributed by atoms with Crippen LogP contribution in [0.5, 0.6) is 11.5 Å². The highest BCUT2D eigenvalue weighted by Crippen LogP contribution is 2.47. The number of phenolic OH excluding ortho intramolecular Hbond substituents is 2. The lowest BCUT2D eigenvalue weighted by Crippen LogP contribution is -2.27. The maximum Gasteiger partial charge on any atom is 0.119 e. The highest BCUT2D eigenvalue weighted by molar-refractivity contribution is 5.49. The van der Waals surface area contributed by atoms with Crippen LogP contribution in [-0.4, -0.2) is 10.2 Å². The topological polar surface area (TPSA) is 40.5 Å². The molecule has 2 N–H and O–H groups in total. The molecule has 3 rings (SSSR count). The largest absolute Gasteiger partial charge is 0.508 e. The molecule has 2 aromatic carbocycles. The summed E-state index contributed by atoms with van der Waals surface area (Å²) in [5.74, 6) is 1.51. The third-order valence-corrected chi connectivity index (χ3v) is 7.40. The fraction of sp³-hybridized carbons (Fsp3) is 0.556. The van der Waals surface area contributed by atoms with Gasteiger partial charge in [0, 0.05) is 5.41 Å². The summed E-state index contributed by atoms with van der Waals surface area (Å²) in [5, 5.41) is 21.0. The van der Waals surface area contributed by atoms with Gasteiger partial charge in [0.2, 0.25) is 0 Å². The van der Waals surface area contributed by atoms with E-state index in [0.717, 1.165) is 36.8 Å². The predicted octanol–water partition coefficient (Wildman–Crippen LogP) is 7.77. The van der Waals surface area contributed by atoms with E-state index in [1.165, 1.54) is 36.8 Å². The Balaban J connectivity index is 2.18. The van der Waals surface area contributed by atoms with Crippen LogP contribution in [0.4, 0.5) is 0 Å². The molecule has 0 aromatic heterocycles. The van der Waals surface area contributed by atoms with Gasteiger partial charge in [-0.3, -0.25) is 0 Å². The molecular formula is C27H38O2. The summed E-state index contributed by atoms with van der Waals surface area (Å²) in [7, 11) is 0. The Hall–Kier alpha value is -1.96. The minimum atomic E-state index is -0.0394. The maximum atomic E-state index is 10.5. The van der Waals surface area contributed by atoms with Gasteiger partial charge >= 0.3 is 0 Å². The molecule has 29 heavy (non-hydrogen) atoms. The molecule has 2 atom stereocenters. The third kappa shape index (κ3) is 4.32. The van der Waals surface area contributed by atoms with Crippen LogP contribution in [-0.2, 0) is 5.41 Å². The summed E-state index contributed by atoms with van der Waals surface area (Å²) in [4.78, 5) is 0. The molecule has 0 aliphatic heterocycles. The number of hydrogen-bond acceptors (Lipinski definition) is 2. The lowest BCUT2D eigenvalue weighted by molar-refractivity contribution is 0.433. The van der Waals surface area contributed by atoms with E-state index in [0.29, 0.717) is 23.3 Å². The monoisotopic (exact) mass is 394 g/mol. The fourth-order valence-electron chi connectivity index (χ4n) is 5.01. The zero-order valence-corrected chi connectivity index (χ0v) is 18.7. The average molecular weight is 395 g/mol. The molecular weight excluding hydrogens is 356 g/mol. The average Bonchev–Trinajstić information content (AvgIpc) is 3.00. The van der Waals surface area contributed by atoms with Gasteiger partial charge in [0.15, 0.2) is 0 Å². The van der Waals surface area contributed by atoms with E-state index < -0.39 is 0 Å². The number of hydrogen-bond donors (Lipinski definition) is 2. The summed E-state index contributed by atoms with van der Waals surface area (Å²) in [6.07, 6.45) is 9.30. The summed E-state index contributed by atoms with van der Waals surface area (Å²) in [6, 6.07) is 12.6. The van der Waals surface area contributed by atoms with Crippen molar-refractivity contribution in [2.75, 3.05) is 0 Å². The second-order valence-corrected chi connectivity index (χ2v) is 9.16. The van der Waals surface area contributed by atoms with Crippen molar-refractivity contribution in [3.05, 3.63) is 58.7 Å². The van der Waals surface area contributed by atoms with Gasteiger partial charge in [0.25, 0.3) is 0 Å². The van der Waals surface area contributed by atoms with Gasteiger partial charge < -0.3 is 10.2 Å². The molecule has 1 aliphatic carbocycles. The van der Waals surface area contributed by atoms with Crippen molar-refractivity contribution in [1.82, 2.24) is 0 Å². The SMILES string of the molecule is CCC(C)c1cc(C2(c3ccc(O)c(C(C)CC)c3)CCCCCC2)ccc1O. The number of benzene rings is 2. The van der Waals surface area contributed by atoms with E-state index in [-0.39, 0.29) is 5.41 Å². The highest BCUT2D eigenvalue weighted by Gasteiger charge is 2.36. The van der Waals surface area contributed by atoms with Crippen LogP contribution in [0.15, 0.2) is 36.4 Å². The molecule has 1 aliphatic rings. The maximum absolute atomic E-state index is 10.5.